The van der Waals surface area contributed by atoms with E-state index in [1.165, 1.54) is 11.5 Å². The molecule has 1 N–H and O–H groups in total. The number of nitrogens with zero attached hydrogens (tertiary/aromatic N) is 3. The number of aryl methyl sites for hydroxylation is 1. The van der Waals surface area contributed by atoms with Gasteiger partial charge < -0.3 is 5.32 Å². The Morgan fingerprint density at radius 1 is 1.59 bits per heavy atom. The van der Waals surface area contributed by atoms with Gasteiger partial charge in [0, 0.05) is 11.6 Å². The molecule has 6 heteroatoms. The third-order valence-corrected chi connectivity index (χ3v) is 4.20. The highest BCUT2D eigenvalue weighted by Crippen LogP contribution is 2.30. The fraction of sp³-hybridized carbons (Fsp3) is 0.364. The highest BCUT2D eigenvalue weighted by molar-refractivity contribution is 7.10. The van der Waals surface area contributed by atoms with Crippen molar-refractivity contribution in [2.75, 3.05) is 5.32 Å². The molecule has 0 aliphatic carbocycles. The van der Waals surface area contributed by atoms with Gasteiger partial charge in [0.1, 0.15) is 21.6 Å². The Hall–Kier alpha value is -1.45. The third-order valence-electron chi connectivity index (χ3n) is 2.44. The summed E-state index contributed by atoms with van der Waals surface area (Å²) in [6.45, 7) is 3.95. The van der Waals surface area contributed by atoms with Crippen LogP contribution >= 0.6 is 22.9 Å². The average Bonchev–Trinajstić information content (AvgIpc) is 2.95. The molecule has 0 amide bonds. The quantitative estimate of drug-likeness (QED) is 0.920. The van der Waals surface area contributed by atoms with Gasteiger partial charge in [-0.3, -0.25) is 0 Å². The zero-order valence-corrected chi connectivity index (χ0v) is 11.2. The van der Waals surface area contributed by atoms with E-state index in [4.69, 9.17) is 5.26 Å². The number of hydrogen-bond donors (Lipinski definition) is 1. The maximum absolute atomic E-state index is 9.07. The van der Waals surface area contributed by atoms with Crippen molar-refractivity contribution in [1.82, 2.24) is 9.36 Å². The standard InChI is InChI=1S/C11H12N4S2/c1-3-9(11-13-4-5-16-11)14-10-8(6-12)7(2)15-17-10/h4-5,9,14H,3H2,1-2H3. The molecule has 0 aromatic carbocycles. The molecular formula is C11H12N4S2. The highest BCUT2D eigenvalue weighted by atomic mass is 32.1. The van der Waals surface area contributed by atoms with Crippen molar-refractivity contribution >= 4 is 27.9 Å². The van der Waals surface area contributed by atoms with Crippen LogP contribution in [-0.2, 0) is 0 Å². The van der Waals surface area contributed by atoms with Gasteiger partial charge in [-0.25, -0.2) is 4.98 Å². The van der Waals surface area contributed by atoms with Gasteiger partial charge in [0.25, 0.3) is 0 Å². The van der Waals surface area contributed by atoms with Crippen LogP contribution in [0.15, 0.2) is 11.6 Å². The Labute approximate surface area is 108 Å². The number of nitrogens with one attached hydrogen (secondary N) is 1. The maximum Gasteiger partial charge on any atom is 0.128 e. The number of thiazole rings is 1. The predicted molar refractivity (Wildman–Crippen MR) is 70.3 cm³/mol. The first-order valence-corrected chi connectivity index (χ1v) is 6.93. The second-order valence-electron chi connectivity index (χ2n) is 3.56. The Kier molecular flexibility index (Phi) is 3.71. The topological polar surface area (TPSA) is 61.6 Å². The maximum atomic E-state index is 9.07. The van der Waals surface area contributed by atoms with Crippen molar-refractivity contribution in [3.63, 3.8) is 0 Å². The van der Waals surface area contributed by atoms with E-state index in [1.54, 1.807) is 17.5 Å². The molecule has 88 valence electrons. The van der Waals surface area contributed by atoms with Crippen molar-refractivity contribution in [3.05, 3.63) is 27.8 Å². The molecule has 0 radical (unpaired) electrons. The Morgan fingerprint density at radius 3 is 3.00 bits per heavy atom. The predicted octanol–water partition coefficient (Wildman–Crippen LogP) is 3.34. The van der Waals surface area contributed by atoms with Crippen LogP contribution in [0.3, 0.4) is 0 Å². The van der Waals surface area contributed by atoms with Crippen molar-refractivity contribution < 1.29 is 0 Å². The fourth-order valence-corrected chi connectivity index (χ4v) is 3.07. The lowest BCUT2D eigenvalue weighted by Gasteiger charge is -2.13. The molecule has 4 nitrogen and oxygen atoms in total. The van der Waals surface area contributed by atoms with Gasteiger partial charge in [-0.15, -0.1) is 11.3 Å². The van der Waals surface area contributed by atoms with Crippen molar-refractivity contribution in [3.8, 4) is 6.07 Å². The number of aromatic nitrogens is 2. The summed E-state index contributed by atoms with van der Waals surface area (Å²) in [4.78, 5) is 4.30. The van der Waals surface area contributed by atoms with Gasteiger partial charge in [0.15, 0.2) is 0 Å². The van der Waals surface area contributed by atoms with E-state index in [1.807, 2.05) is 12.3 Å². The normalized spacial score (nSPS) is 12.1. The molecule has 1 unspecified atom stereocenters. The summed E-state index contributed by atoms with van der Waals surface area (Å²) in [6, 6.07) is 2.34. The van der Waals surface area contributed by atoms with E-state index >= 15 is 0 Å². The summed E-state index contributed by atoms with van der Waals surface area (Å²) in [5, 5.41) is 16.3. The second kappa shape index (κ2) is 5.25. The van der Waals surface area contributed by atoms with Gasteiger partial charge in [-0.05, 0) is 24.9 Å². The molecule has 0 aliphatic rings. The molecule has 0 aliphatic heterocycles. The van der Waals surface area contributed by atoms with E-state index in [0.717, 1.165) is 22.1 Å². The van der Waals surface area contributed by atoms with Gasteiger partial charge in [-0.1, -0.05) is 6.92 Å². The SMILES string of the molecule is CCC(Nc1snc(C)c1C#N)c1nccs1. The second-order valence-corrected chi connectivity index (χ2v) is 5.26. The van der Waals surface area contributed by atoms with E-state index in [9.17, 15) is 0 Å². The van der Waals surface area contributed by atoms with Gasteiger partial charge in [-0.2, -0.15) is 9.64 Å². The molecule has 2 aromatic rings. The Morgan fingerprint density at radius 2 is 2.41 bits per heavy atom. The molecule has 2 heterocycles. The van der Waals surface area contributed by atoms with Crippen LogP contribution in [0.4, 0.5) is 5.00 Å². The van der Waals surface area contributed by atoms with Crippen LogP contribution in [0.2, 0.25) is 0 Å². The summed E-state index contributed by atoms with van der Waals surface area (Å²) in [7, 11) is 0. The van der Waals surface area contributed by atoms with Gasteiger partial charge in [0.05, 0.1) is 11.7 Å². The lowest BCUT2D eigenvalue weighted by Crippen LogP contribution is -2.09. The summed E-state index contributed by atoms with van der Waals surface area (Å²) >= 11 is 2.96. The van der Waals surface area contributed by atoms with Crippen molar-refractivity contribution in [2.24, 2.45) is 0 Å². The first kappa shape index (κ1) is 12.0. The van der Waals surface area contributed by atoms with Crippen LogP contribution in [0.1, 0.15) is 35.7 Å². The lowest BCUT2D eigenvalue weighted by atomic mass is 10.2. The zero-order chi connectivity index (χ0) is 12.3. The van der Waals surface area contributed by atoms with Crippen LogP contribution in [0.5, 0.6) is 0 Å². The Bertz CT molecular complexity index is 524. The van der Waals surface area contributed by atoms with Crippen LogP contribution in [-0.4, -0.2) is 9.36 Å². The first-order chi connectivity index (χ1) is 8.26. The van der Waals surface area contributed by atoms with Crippen LogP contribution in [0, 0.1) is 18.3 Å². The van der Waals surface area contributed by atoms with E-state index < -0.39 is 0 Å². The summed E-state index contributed by atoms with van der Waals surface area (Å²) in [5.74, 6) is 0. The highest BCUT2D eigenvalue weighted by Gasteiger charge is 2.16. The first-order valence-electron chi connectivity index (χ1n) is 5.28. The van der Waals surface area contributed by atoms with E-state index in [0.29, 0.717) is 5.56 Å². The molecular weight excluding hydrogens is 252 g/mol. The number of anilines is 1. The minimum absolute atomic E-state index is 0.155. The molecule has 0 fully saturated rings. The van der Waals surface area contributed by atoms with E-state index in [2.05, 4.69) is 27.7 Å². The van der Waals surface area contributed by atoms with Crippen molar-refractivity contribution in [1.29, 1.82) is 5.26 Å². The number of hydrogen-bond acceptors (Lipinski definition) is 6. The molecule has 0 spiro atoms. The monoisotopic (exact) mass is 264 g/mol. The zero-order valence-electron chi connectivity index (χ0n) is 9.60. The van der Waals surface area contributed by atoms with E-state index in [-0.39, 0.29) is 6.04 Å². The van der Waals surface area contributed by atoms with Gasteiger partial charge >= 0.3 is 0 Å². The molecule has 0 bridgehead atoms. The third kappa shape index (κ3) is 2.46. The smallest absolute Gasteiger partial charge is 0.128 e. The Balaban J connectivity index is 2.22. The minimum atomic E-state index is 0.155. The van der Waals surface area contributed by atoms with Crippen LogP contribution < -0.4 is 5.32 Å². The largest absolute Gasteiger partial charge is 0.365 e. The minimum Gasteiger partial charge on any atom is -0.365 e. The average molecular weight is 264 g/mol. The molecule has 2 aromatic heterocycles. The molecule has 0 saturated carbocycles. The summed E-state index contributed by atoms with van der Waals surface area (Å²) in [5.41, 5.74) is 1.43. The number of rotatable bonds is 4. The molecule has 17 heavy (non-hydrogen) atoms. The summed E-state index contributed by atoms with van der Waals surface area (Å²) < 4.78 is 4.20. The van der Waals surface area contributed by atoms with Gasteiger partial charge in [0.2, 0.25) is 0 Å². The van der Waals surface area contributed by atoms with Crippen molar-refractivity contribution in [2.45, 2.75) is 26.3 Å². The molecule has 1 atom stereocenters. The fourth-order valence-electron chi connectivity index (χ4n) is 1.50. The molecule has 2 rings (SSSR count). The lowest BCUT2D eigenvalue weighted by molar-refractivity contribution is 0.744. The molecule has 0 saturated heterocycles. The summed E-state index contributed by atoms with van der Waals surface area (Å²) in [6.07, 6.45) is 2.72. The number of nitriles is 1. The van der Waals surface area contributed by atoms with Crippen LogP contribution in [0.25, 0.3) is 0 Å².